The molecule has 0 spiro atoms. The molecule has 0 unspecified atom stereocenters. The molecule has 0 aliphatic carbocycles. The van der Waals surface area contributed by atoms with E-state index in [9.17, 15) is 4.79 Å². The van der Waals surface area contributed by atoms with Crippen molar-refractivity contribution in [3.8, 4) is 0 Å². The predicted octanol–water partition coefficient (Wildman–Crippen LogP) is 2.08. The summed E-state index contributed by atoms with van der Waals surface area (Å²) in [5.74, 6) is 0.124. The third kappa shape index (κ3) is 6.74. The SMILES string of the molecule is C=CCN(CC=C)CC(=O)N(CC)CC(=C)C. The van der Waals surface area contributed by atoms with Gasteiger partial charge in [0.2, 0.25) is 5.91 Å². The monoisotopic (exact) mass is 236 g/mol. The highest BCUT2D eigenvalue weighted by Crippen LogP contribution is 1.99. The molecule has 17 heavy (non-hydrogen) atoms. The molecule has 1 amide bonds. The Morgan fingerprint density at radius 3 is 2.06 bits per heavy atom. The van der Waals surface area contributed by atoms with Crippen LogP contribution in [0, 0.1) is 0 Å². The fraction of sp³-hybridized carbons (Fsp3) is 0.500. The Bertz CT molecular complexity index is 274. The van der Waals surface area contributed by atoms with Gasteiger partial charge in [0, 0.05) is 26.2 Å². The molecule has 0 heterocycles. The van der Waals surface area contributed by atoms with Crippen LogP contribution in [0.5, 0.6) is 0 Å². The second-order valence-corrected chi connectivity index (χ2v) is 4.14. The highest BCUT2D eigenvalue weighted by molar-refractivity contribution is 5.78. The first-order valence-corrected chi connectivity index (χ1v) is 5.91. The van der Waals surface area contributed by atoms with Gasteiger partial charge in [-0.2, -0.15) is 0 Å². The Labute approximate surface area is 105 Å². The summed E-state index contributed by atoms with van der Waals surface area (Å²) in [6, 6.07) is 0. The maximum Gasteiger partial charge on any atom is 0.237 e. The van der Waals surface area contributed by atoms with E-state index in [0.717, 1.165) is 5.57 Å². The Balaban J connectivity index is 4.38. The van der Waals surface area contributed by atoms with Crippen molar-refractivity contribution in [1.82, 2.24) is 9.80 Å². The third-order valence-electron chi connectivity index (χ3n) is 2.33. The summed E-state index contributed by atoms with van der Waals surface area (Å²) in [6.45, 7) is 18.3. The van der Waals surface area contributed by atoms with E-state index in [1.165, 1.54) is 0 Å². The second kappa shape index (κ2) is 8.76. The minimum atomic E-state index is 0.124. The highest BCUT2D eigenvalue weighted by atomic mass is 16.2. The minimum Gasteiger partial charge on any atom is -0.338 e. The van der Waals surface area contributed by atoms with E-state index in [-0.39, 0.29) is 5.91 Å². The average Bonchev–Trinajstić information content (AvgIpc) is 2.26. The lowest BCUT2D eigenvalue weighted by Gasteiger charge is -2.25. The molecular formula is C14H24N2O. The van der Waals surface area contributed by atoms with E-state index in [1.54, 1.807) is 12.2 Å². The first-order valence-electron chi connectivity index (χ1n) is 5.91. The zero-order chi connectivity index (χ0) is 13.3. The van der Waals surface area contributed by atoms with Crippen molar-refractivity contribution in [1.29, 1.82) is 0 Å². The number of amides is 1. The van der Waals surface area contributed by atoms with E-state index < -0.39 is 0 Å². The topological polar surface area (TPSA) is 23.6 Å². The first kappa shape index (κ1) is 15.7. The van der Waals surface area contributed by atoms with Crippen LogP contribution < -0.4 is 0 Å². The molecule has 0 rings (SSSR count). The van der Waals surface area contributed by atoms with Gasteiger partial charge >= 0.3 is 0 Å². The summed E-state index contributed by atoms with van der Waals surface area (Å²) in [7, 11) is 0. The van der Waals surface area contributed by atoms with E-state index in [0.29, 0.717) is 32.7 Å². The second-order valence-electron chi connectivity index (χ2n) is 4.14. The Morgan fingerprint density at radius 2 is 1.71 bits per heavy atom. The fourth-order valence-electron chi connectivity index (χ4n) is 1.56. The summed E-state index contributed by atoms with van der Waals surface area (Å²) >= 11 is 0. The van der Waals surface area contributed by atoms with Gasteiger partial charge < -0.3 is 4.90 Å². The number of nitrogens with zero attached hydrogens (tertiary/aromatic N) is 2. The molecule has 3 nitrogen and oxygen atoms in total. The zero-order valence-corrected chi connectivity index (χ0v) is 11.1. The highest BCUT2D eigenvalue weighted by Gasteiger charge is 2.14. The number of carbonyl (C=O) groups excluding carboxylic acids is 1. The standard InChI is InChI=1S/C14H24N2O/c1-6-9-15(10-7-2)12-14(17)16(8-3)11-13(4)5/h6-7H,1-2,4,8-12H2,3,5H3. The van der Waals surface area contributed by atoms with Crippen LogP contribution in [0.1, 0.15) is 13.8 Å². The molecule has 0 N–H and O–H groups in total. The average molecular weight is 236 g/mol. The lowest BCUT2D eigenvalue weighted by molar-refractivity contribution is -0.131. The minimum absolute atomic E-state index is 0.124. The van der Waals surface area contributed by atoms with Crippen molar-refractivity contribution in [2.45, 2.75) is 13.8 Å². The number of hydrogen-bond acceptors (Lipinski definition) is 2. The molecule has 0 atom stereocenters. The Kier molecular flexibility index (Phi) is 8.07. The molecule has 0 bridgehead atoms. The van der Waals surface area contributed by atoms with Gasteiger partial charge in [0.25, 0.3) is 0 Å². The number of likely N-dealkylation sites (N-methyl/N-ethyl adjacent to an activating group) is 1. The van der Waals surface area contributed by atoms with Crippen molar-refractivity contribution >= 4 is 5.91 Å². The molecular weight excluding hydrogens is 212 g/mol. The molecule has 0 aromatic heterocycles. The lowest BCUT2D eigenvalue weighted by atomic mass is 10.3. The maximum atomic E-state index is 12.0. The summed E-state index contributed by atoms with van der Waals surface area (Å²) in [5.41, 5.74) is 0.999. The molecule has 0 aromatic rings. The van der Waals surface area contributed by atoms with Gasteiger partial charge in [-0.25, -0.2) is 0 Å². The Morgan fingerprint density at radius 1 is 1.18 bits per heavy atom. The van der Waals surface area contributed by atoms with Gasteiger partial charge in [-0.05, 0) is 13.8 Å². The number of rotatable bonds is 9. The van der Waals surface area contributed by atoms with Crippen LogP contribution in [-0.4, -0.2) is 48.4 Å². The summed E-state index contributed by atoms with van der Waals surface area (Å²) in [4.78, 5) is 15.9. The maximum absolute atomic E-state index is 12.0. The van der Waals surface area contributed by atoms with Gasteiger partial charge in [-0.3, -0.25) is 9.69 Å². The van der Waals surface area contributed by atoms with Crippen LogP contribution in [0.4, 0.5) is 0 Å². The first-order chi connectivity index (χ1) is 8.04. The predicted molar refractivity (Wildman–Crippen MR) is 73.9 cm³/mol. The number of hydrogen-bond donors (Lipinski definition) is 0. The molecule has 0 radical (unpaired) electrons. The van der Waals surface area contributed by atoms with Gasteiger partial charge in [-0.1, -0.05) is 24.3 Å². The summed E-state index contributed by atoms with van der Waals surface area (Å²) in [5, 5.41) is 0. The summed E-state index contributed by atoms with van der Waals surface area (Å²) < 4.78 is 0. The van der Waals surface area contributed by atoms with Crippen molar-refractivity contribution in [3.05, 3.63) is 37.5 Å². The fourth-order valence-corrected chi connectivity index (χ4v) is 1.56. The lowest BCUT2D eigenvalue weighted by Crippen LogP contribution is -2.41. The number of carbonyl (C=O) groups is 1. The molecule has 0 aromatic carbocycles. The van der Waals surface area contributed by atoms with E-state index in [1.807, 2.05) is 23.6 Å². The van der Waals surface area contributed by atoms with E-state index in [4.69, 9.17) is 0 Å². The van der Waals surface area contributed by atoms with Gasteiger partial charge in [0.1, 0.15) is 0 Å². The van der Waals surface area contributed by atoms with Crippen LogP contribution in [0.25, 0.3) is 0 Å². The zero-order valence-electron chi connectivity index (χ0n) is 11.1. The normalized spacial score (nSPS) is 10.1. The van der Waals surface area contributed by atoms with Gasteiger partial charge in [-0.15, -0.1) is 13.2 Å². The molecule has 0 fully saturated rings. The van der Waals surface area contributed by atoms with Crippen molar-refractivity contribution < 1.29 is 4.79 Å². The molecule has 0 saturated heterocycles. The van der Waals surface area contributed by atoms with Gasteiger partial charge in [0.05, 0.1) is 6.54 Å². The molecule has 3 heteroatoms. The largest absolute Gasteiger partial charge is 0.338 e. The van der Waals surface area contributed by atoms with E-state index >= 15 is 0 Å². The molecule has 0 aliphatic rings. The van der Waals surface area contributed by atoms with Crippen LogP contribution in [0.2, 0.25) is 0 Å². The van der Waals surface area contributed by atoms with Crippen molar-refractivity contribution in [2.75, 3.05) is 32.7 Å². The van der Waals surface area contributed by atoms with Crippen LogP contribution in [0.3, 0.4) is 0 Å². The quantitative estimate of drug-likeness (QED) is 0.572. The van der Waals surface area contributed by atoms with Crippen molar-refractivity contribution in [2.24, 2.45) is 0 Å². The summed E-state index contributed by atoms with van der Waals surface area (Å²) in [6.07, 6.45) is 3.59. The molecule has 0 aliphatic heterocycles. The molecule has 96 valence electrons. The van der Waals surface area contributed by atoms with Crippen LogP contribution in [-0.2, 0) is 4.79 Å². The van der Waals surface area contributed by atoms with Crippen molar-refractivity contribution in [3.63, 3.8) is 0 Å². The van der Waals surface area contributed by atoms with Gasteiger partial charge in [0.15, 0.2) is 0 Å². The van der Waals surface area contributed by atoms with E-state index in [2.05, 4.69) is 19.7 Å². The third-order valence-corrected chi connectivity index (χ3v) is 2.33. The van der Waals surface area contributed by atoms with Crippen LogP contribution in [0.15, 0.2) is 37.5 Å². The smallest absolute Gasteiger partial charge is 0.237 e. The molecule has 0 saturated carbocycles. The Hall–Kier alpha value is -1.35. The van der Waals surface area contributed by atoms with Crippen LogP contribution >= 0.6 is 0 Å².